The lowest BCUT2D eigenvalue weighted by molar-refractivity contribution is -0.128. The lowest BCUT2D eigenvalue weighted by Gasteiger charge is -2.34. The second kappa shape index (κ2) is 4.14. The molecule has 0 bridgehead atoms. The maximum Gasteiger partial charge on any atom is 0.243 e. The monoisotopic (exact) mass is 236 g/mol. The van der Waals surface area contributed by atoms with E-state index in [4.69, 9.17) is 5.73 Å². The topological polar surface area (TPSA) is 72.9 Å². The highest BCUT2D eigenvalue weighted by Crippen LogP contribution is 2.29. The zero-order chi connectivity index (χ0) is 12.6. The van der Waals surface area contributed by atoms with E-state index in [0.717, 1.165) is 30.9 Å². The van der Waals surface area contributed by atoms with E-state index in [2.05, 4.69) is 10.3 Å². The second-order valence-corrected chi connectivity index (χ2v) is 5.10. The number of hydrogen-bond acceptors (Lipinski definition) is 3. The Balaban J connectivity index is 2.51. The molecule has 1 aromatic rings. The molecule has 2 heterocycles. The van der Waals surface area contributed by atoms with Crippen molar-refractivity contribution in [3.8, 4) is 0 Å². The summed E-state index contributed by atoms with van der Waals surface area (Å²) in [6, 6.07) is 0. The number of aromatic nitrogens is 2. The first kappa shape index (κ1) is 12.1. The molecule has 5 nitrogen and oxygen atoms in total. The maximum atomic E-state index is 11.8. The van der Waals surface area contributed by atoms with Gasteiger partial charge in [0.2, 0.25) is 5.91 Å². The molecular formula is C12H20N4O. The van der Waals surface area contributed by atoms with Crippen LogP contribution >= 0.6 is 0 Å². The molecule has 0 aromatic carbocycles. The first-order valence-corrected chi connectivity index (χ1v) is 6.04. The predicted molar refractivity (Wildman–Crippen MR) is 65.3 cm³/mol. The first-order valence-electron chi connectivity index (χ1n) is 6.04. The highest BCUT2D eigenvalue weighted by Gasteiger charge is 2.38. The van der Waals surface area contributed by atoms with Crippen LogP contribution < -0.4 is 11.1 Å². The Morgan fingerprint density at radius 3 is 2.94 bits per heavy atom. The lowest BCUT2D eigenvalue weighted by atomic mass is 9.86. The normalized spacial score (nSPS) is 18.8. The van der Waals surface area contributed by atoms with Gasteiger partial charge >= 0.3 is 0 Å². The molecule has 3 N–H and O–H groups in total. The molecule has 2 rings (SSSR count). The van der Waals surface area contributed by atoms with Crippen molar-refractivity contribution in [1.82, 2.24) is 14.9 Å². The molecule has 0 saturated heterocycles. The minimum absolute atomic E-state index is 0.133. The van der Waals surface area contributed by atoms with Crippen molar-refractivity contribution in [2.45, 2.75) is 39.3 Å². The van der Waals surface area contributed by atoms with Crippen LogP contribution in [0.4, 0.5) is 0 Å². The number of rotatable bonds is 3. The number of nitrogens with one attached hydrogen (secondary N) is 1. The van der Waals surface area contributed by atoms with Crippen LogP contribution in [-0.4, -0.2) is 22.0 Å². The summed E-state index contributed by atoms with van der Waals surface area (Å²) in [6.45, 7) is 7.61. The summed E-state index contributed by atoms with van der Waals surface area (Å²) in [5.74, 6) is -0.167. The number of nitrogens with two attached hydrogens (primary N) is 1. The Bertz CT molecular complexity index is 438. The molecule has 5 heteroatoms. The first-order chi connectivity index (χ1) is 7.98. The molecular weight excluding hydrogens is 216 g/mol. The average molecular weight is 236 g/mol. The quantitative estimate of drug-likeness (QED) is 0.797. The molecule has 1 aliphatic heterocycles. The highest BCUT2D eigenvalue weighted by molar-refractivity contribution is 5.82. The molecule has 0 saturated carbocycles. The van der Waals surface area contributed by atoms with Crippen molar-refractivity contribution in [2.24, 2.45) is 11.7 Å². The van der Waals surface area contributed by atoms with Crippen LogP contribution in [0.1, 0.15) is 32.2 Å². The molecule has 0 fully saturated rings. The third kappa shape index (κ3) is 1.74. The van der Waals surface area contributed by atoms with Crippen LogP contribution in [-0.2, 0) is 23.3 Å². The average Bonchev–Trinajstić information content (AvgIpc) is 2.71. The Hall–Kier alpha value is -1.36. The maximum absolute atomic E-state index is 11.8. The van der Waals surface area contributed by atoms with Crippen molar-refractivity contribution >= 4 is 5.91 Å². The number of carbonyl (C=O) groups excluding carboxylic acids is 1. The van der Waals surface area contributed by atoms with Gasteiger partial charge in [-0.3, -0.25) is 4.79 Å². The molecule has 17 heavy (non-hydrogen) atoms. The minimum atomic E-state index is -0.697. The van der Waals surface area contributed by atoms with Crippen LogP contribution in [0.25, 0.3) is 0 Å². The largest absolute Gasteiger partial charge is 0.368 e. The number of hydrogen-bond donors (Lipinski definition) is 2. The predicted octanol–water partition coefficient (Wildman–Crippen LogP) is 0.385. The molecule has 0 radical (unpaired) electrons. The van der Waals surface area contributed by atoms with E-state index in [1.807, 2.05) is 25.3 Å². The van der Waals surface area contributed by atoms with Gasteiger partial charge in [0.05, 0.1) is 12.0 Å². The third-order valence-corrected chi connectivity index (χ3v) is 3.91. The zero-order valence-corrected chi connectivity index (χ0v) is 10.7. The van der Waals surface area contributed by atoms with Crippen molar-refractivity contribution in [1.29, 1.82) is 0 Å². The zero-order valence-electron chi connectivity index (χ0n) is 10.7. The summed E-state index contributed by atoms with van der Waals surface area (Å²) in [6.07, 6.45) is 2.65. The molecule has 0 aliphatic carbocycles. The van der Waals surface area contributed by atoms with Crippen molar-refractivity contribution in [3.63, 3.8) is 0 Å². The van der Waals surface area contributed by atoms with Crippen LogP contribution in [0.2, 0.25) is 0 Å². The summed E-state index contributed by atoms with van der Waals surface area (Å²) >= 11 is 0. The minimum Gasteiger partial charge on any atom is -0.368 e. The number of fused-ring (bicyclic) bond motifs is 1. The summed E-state index contributed by atoms with van der Waals surface area (Å²) in [4.78, 5) is 16.2. The summed E-state index contributed by atoms with van der Waals surface area (Å²) < 4.78 is 1.97. The highest BCUT2D eigenvalue weighted by atomic mass is 16.1. The van der Waals surface area contributed by atoms with Gasteiger partial charge in [0.1, 0.15) is 5.54 Å². The van der Waals surface area contributed by atoms with Gasteiger partial charge in [-0.05, 0) is 12.8 Å². The van der Waals surface area contributed by atoms with Gasteiger partial charge in [-0.15, -0.1) is 0 Å². The Morgan fingerprint density at radius 2 is 2.35 bits per heavy atom. The van der Waals surface area contributed by atoms with Gasteiger partial charge in [-0.1, -0.05) is 13.8 Å². The fourth-order valence-electron chi connectivity index (χ4n) is 2.32. The van der Waals surface area contributed by atoms with E-state index >= 15 is 0 Å². The molecule has 1 unspecified atom stereocenters. The van der Waals surface area contributed by atoms with Crippen molar-refractivity contribution in [3.05, 3.63) is 17.7 Å². The number of amides is 1. The van der Waals surface area contributed by atoms with E-state index in [9.17, 15) is 4.79 Å². The molecule has 1 atom stereocenters. The molecule has 1 aromatic heterocycles. The van der Waals surface area contributed by atoms with Gasteiger partial charge in [0, 0.05) is 25.2 Å². The second-order valence-electron chi connectivity index (χ2n) is 5.10. The summed E-state index contributed by atoms with van der Waals surface area (Å²) in [7, 11) is 0. The smallest absolute Gasteiger partial charge is 0.243 e. The molecule has 1 amide bonds. The fourth-order valence-corrected chi connectivity index (χ4v) is 2.32. The van der Waals surface area contributed by atoms with Gasteiger partial charge in [0.15, 0.2) is 0 Å². The van der Waals surface area contributed by atoms with E-state index in [-0.39, 0.29) is 11.8 Å². The van der Waals surface area contributed by atoms with Gasteiger partial charge in [-0.2, -0.15) is 0 Å². The van der Waals surface area contributed by atoms with Gasteiger partial charge in [-0.25, -0.2) is 4.98 Å². The Kier molecular flexibility index (Phi) is 2.95. The van der Waals surface area contributed by atoms with E-state index in [0.29, 0.717) is 0 Å². The Labute approximate surface area is 101 Å². The fraction of sp³-hybridized carbons (Fsp3) is 0.667. The van der Waals surface area contributed by atoms with E-state index < -0.39 is 5.54 Å². The van der Waals surface area contributed by atoms with Crippen LogP contribution in [0, 0.1) is 5.92 Å². The number of imidazole rings is 1. The van der Waals surface area contributed by atoms with Crippen molar-refractivity contribution < 1.29 is 4.79 Å². The van der Waals surface area contributed by atoms with Crippen LogP contribution in [0.3, 0.4) is 0 Å². The van der Waals surface area contributed by atoms with Crippen molar-refractivity contribution in [2.75, 3.05) is 6.54 Å². The van der Waals surface area contributed by atoms with Gasteiger partial charge in [0.25, 0.3) is 0 Å². The molecule has 94 valence electrons. The van der Waals surface area contributed by atoms with Crippen LogP contribution in [0.15, 0.2) is 6.33 Å². The lowest BCUT2D eigenvalue weighted by Crippen LogP contribution is -2.48. The molecule has 1 aliphatic rings. The van der Waals surface area contributed by atoms with Gasteiger partial charge < -0.3 is 15.6 Å². The SMILES string of the molecule is CC(C)C(C)(C(N)=O)n1cnc2c1CCNC2. The summed E-state index contributed by atoms with van der Waals surface area (Å²) in [5.41, 5.74) is 7.07. The number of carbonyl (C=O) groups is 1. The third-order valence-electron chi connectivity index (χ3n) is 3.91. The van der Waals surface area contributed by atoms with E-state index in [1.54, 1.807) is 6.33 Å². The molecule has 0 spiro atoms. The number of primary amides is 1. The van der Waals surface area contributed by atoms with E-state index in [1.165, 1.54) is 0 Å². The standard InChI is InChI=1S/C12H20N4O/c1-8(2)12(3,11(13)17)16-7-15-9-6-14-5-4-10(9)16/h7-8,14H,4-6H2,1-3H3,(H2,13,17). The number of nitrogens with zero attached hydrogens (tertiary/aromatic N) is 2. The Morgan fingerprint density at radius 1 is 1.65 bits per heavy atom. The summed E-state index contributed by atoms with van der Waals surface area (Å²) in [5, 5.41) is 3.27. The van der Waals surface area contributed by atoms with Crippen LogP contribution in [0.5, 0.6) is 0 Å².